The Morgan fingerprint density at radius 1 is 0.941 bits per heavy atom. The van der Waals surface area contributed by atoms with E-state index in [-0.39, 0.29) is 13.2 Å². The largest absolute Gasteiger partial charge is 0.396 e. The summed E-state index contributed by atoms with van der Waals surface area (Å²) < 4.78 is 0. The number of aliphatic hydroxyl groups is 7. The van der Waals surface area contributed by atoms with Gasteiger partial charge in [0.1, 0.15) is 24.9 Å². The van der Waals surface area contributed by atoms with Crippen LogP contribution in [0, 0.1) is 0 Å². The van der Waals surface area contributed by atoms with Gasteiger partial charge in [-0.25, -0.2) is 0 Å². The standard InChI is InChI=1S/C6H12O6.C3H8O2/c7-1-3(9)5(11)6(12)4(10)2-8;4-2-1-3-5/h3,5-9,11-12H,1-2H2;4-5H,1-3H2/t3-,5+,6+;/m1./s1. The third kappa shape index (κ3) is 9.12. The van der Waals surface area contributed by atoms with Crippen LogP contribution >= 0.6 is 0 Å². The van der Waals surface area contributed by atoms with Crippen molar-refractivity contribution in [3.63, 3.8) is 0 Å². The molecule has 17 heavy (non-hydrogen) atoms. The summed E-state index contributed by atoms with van der Waals surface area (Å²) in [5.74, 6) is -1.00. The highest BCUT2D eigenvalue weighted by molar-refractivity contribution is 5.84. The molecule has 0 rings (SSSR count). The second-order valence-electron chi connectivity index (χ2n) is 3.11. The maximum Gasteiger partial charge on any atom is 0.189 e. The predicted octanol–water partition coefficient (Wildman–Crippen LogP) is -4.02. The molecule has 0 aromatic heterocycles. The first-order valence-corrected chi connectivity index (χ1v) is 4.96. The summed E-state index contributed by atoms with van der Waals surface area (Å²) in [6, 6.07) is 0. The molecule has 0 unspecified atom stereocenters. The second-order valence-corrected chi connectivity index (χ2v) is 3.11. The van der Waals surface area contributed by atoms with Gasteiger partial charge in [-0.05, 0) is 6.42 Å². The van der Waals surface area contributed by atoms with Crippen LogP contribution in [-0.4, -0.2) is 86.3 Å². The monoisotopic (exact) mass is 256 g/mol. The van der Waals surface area contributed by atoms with Crippen LogP contribution in [0.2, 0.25) is 0 Å². The normalized spacial score (nSPS) is 15.5. The molecule has 0 amide bonds. The maximum atomic E-state index is 10.5. The number of carbonyl (C=O) groups is 1. The summed E-state index contributed by atoms with van der Waals surface area (Å²) in [5.41, 5.74) is 0. The zero-order chi connectivity index (χ0) is 13.8. The highest BCUT2D eigenvalue weighted by Crippen LogP contribution is 2.00. The van der Waals surface area contributed by atoms with Crippen LogP contribution in [0.25, 0.3) is 0 Å². The SMILES string of the molecule is O=C(CO)[C@H](O)[C@@H](O)[C@H](O)CO.OCCCO. The van der Waals surface area contributed by atoms with E-state index in [1.165, 1.54) is 0 Å². The molecule has 0 radical (unpaired) electrons. The number of hydrogen-bond acceptors (Lipinski definition) is 8. The molecule has 0 fully saturated rings. The molecule has 0 aliphatic carbocycles. The molecular formula is C9H20O8. The number of rotatable bonds is 7. The van der Waals surface area contributed by atoms with E-state index in [1.54, 1.807) is 0 Å². The summed E-state index contributed by atoms with van der Waals surface area (Å²) in [6.07, 6.45) is -4.72. The number of carbonyl (C=O) groups excluding carboxylic acids is 1. The molecule has 0 saturated heterocycles. The molecule has 104 valence electrons. The first-order chi connectivity index (χ1) is 7.95. The number of Topliss-reactive ketones (excluding diaryl/α,β-unsaturated/α-hetero) is 1. The Morgan fingerprint density at radius 3 is 1.65 bits per heavy atom. The zero-order valence-corrected chi connectivity index (χ0v) is 9.31. The Balaban J connectivity index is 0. The smallest absolute Gasteiger partial charge is 0.189 e. The second kappa shape index (κ2) is 11.9. The first kappa shape index (κ1) is 18.7. The van der Waals surface area contributed by atoms with Gasteiger partial charge in [0.2, 0.25) is 0 Å². The van der Waals surface area contributed by atoms with Gasteiger partial charge in [0.15, 0.2) is 5.78 Å². The van der Waals surface area contributed by atoms with Gasteiger partial charge in [-0.1, -0.05) is 0 Å². The fraction of sp³-hybridized carbons (Fsp3) is 0.889. The Bertz CT molecular complexity index is 184. The van der Waals surface area contributed by atoms with Crippen molar-refractivity contribution in [3.05, 3.63) is 0 Å². The Morgan fingerprint density at radius 2 is 1.41 bits per heavy atom. The quantitative estimate of drug-likeness (QED) is 0.242. The molecule has 0 heterocycles. The van der Waals surface area contributed by atoms with E-state index in [4.69, 9.17) is 35.7 Å². The average molecular weight is 256 g/mol. The van der Waals surface area contributed by atoms with Crippen LogP contribution in [0.5, 0.6) is 0 Å². The van der Waals surface area contributed by atoms with Crippen LogP contribution in [0.4, 0.5) is 0 Å². The fourth-order valence-electron chi connectivity index (χ4n) is 0.673. The Labute approximate surface area is 98.4 Å². The molecule has 8 nitrogen and oxygen atoms in total. The molecule has 8 heteroatoms. The van der Waals surface area contributed by atoms with Crippen LogP contribution in [0.3, 0.4) is 0 Å². The van der Waals surface area contributed by atoms with E-state index in [9.17, 15) is 4.79 Å². The summed E-state index contributed by atoms with van der Waals surface area (Å²) >= 11 is 0. The average Bonchev–Trinajstić information content (AvgIpc) is 2.36. The number of hydrogen-bond donors (Lipinski definition) is 7. The van der Waals surface area contributed by atoms with E-state index in [2.05, 4.69) is 0 Å². The first-order valence-electron chi connectivity index (χ1n) is 4.96. The lowest BCUT2D eigenvalue weighted by Gasteiger charge is -2.19. The van der Waals surface area contributed by atoms with Gasteiger partial charge >= 0.3 is 0 Å². The van der Waals surface area contributed by atoms with Crippen molar-refractivity contribution in [1.82, 2.24) is 0 Å². The zero-order valence-electron chi connectivity index (χ0n) is 9.31. The summed E-state index contributed by atoms with van der Waals surface area (Å²) in [5, 5.41) is 58.9. The number of aliphatic hydroxyl groups excluding tert-OH is 7. The van der Waals surface area contributed by atoms with E-state index in [1.807, 2.05) is 0 Å². The molecule has 0 aliphatic heterocycles. The minimum absolute atomic E-state index is 0.0938. The minimum atomic E-state index is -1.86. The summed E-state index contributed by atoms with van der Waals surface area (Å²) in [6.45, 7) is -1.50. The predicted molar refractivity (Wildman–Crippen MR) is 56.0 cm³/mol. The lowest BCUT2D eigenvalue weighted by atomic mass is 10.1. The molecule has 0 aromatic rings. The molecule has 7 N–H and O–H groups in total. The molecular weight excluding hydrogens is 236 g/mol. The minimum Gasteiger partial charge on any atom is -0.396 e. The lowest BCUT2D eigenvalue weighted by Crippen LogP contribution is -2.44. The van der Waals surface area contributed by atoms with Crippen LogP contribution in [0.1, 0.15) is 6.42 Å². The summed E-state index contributed by atoms with van der Waals surface area (Å²) in [4.78, 5) is 10.5. The molecule has 0 aliphatic rings. The fourth-order valence-corrected chi connectivity index (χ4v) is 0.673. The van der Waals surface area contributed by atoms with Crippen molar-refractivity contribution >= 4 is 5.78 Å². The van der Waals surface area contributed by atoms with Crippen LogP contribution in [0.15, 0.2) is 0 Å². The lowest BCUT2D eigenvalue weighted by molar-refractivity contribution is -0.142. The maximum absolute atomic E-state index is 10.5. The van der Waals surface area contributed by atoms with Gasteiger partial charge in [-0.2, -0.15) is 0 Å². The van der Waals surface area contributed by atoms with E-state index < -0.39 is 37.3 Å². The van der Waals surface area contributed by atoms with Gasteiger partial charge in [-0.3, -0.25) is 4.79 Å². The van der Waals surface area contributed by atoms with Gasteiger partial charge in [0.25, 0.3) is 0 Å². The highest BCUT2D eigenvalue weighted by Gasteiger charge is 2.28. The van der Waals surface area contributed by atoms with Crippen molar-refractivity contribution in [2.75, 3.05) is 26.4 Å². The molecule has 0 aromatic carbocycles. The third-order valence-corrected chi connectivity index (χ3v) is 1.71. The van der Waals surface area contributed by atoms with Crippen molar-refractivity contribution in [2.24, 2.45) is 0 Å². The molecule has 0 bridgehead atoms. The highest BCUT2D eigenvalue weighted by atomic mass is 16.4. The van der Waals surface area contributed by atoms with E-state index >= 15 is 0 Å². The van der Waals surface area contributed by atoms with Crippen LogP contribution < -0.4 is 0 Å². The van der Waals surface area contributed by atoms with Gasteiger partial charge in [0, 0.05) is 13.2 Å². The van der Waals surface area contributed by atoms with E-state index in [0.29, 0.717) is 6.42 Å². The topological polar surface area (TPSA) is 159 Å². The molecule has 3 atom stereocenters. The third-order valence-electron chi connectivity index (χ3n) is 1.71. The Hall–Kier alpha value is -0.610. The van der Waals surface area contributed by atoms with Gasteiger partial charge in [0.05, 0.1) is 6.61 Å². The van der Waals surface area contributed by atoms with Gasteiger partial charge in [-0.15, -0.1) is 0 Å². The van der Waals surface area contributed by atoms with E-state index in [0.717, 1.165) is 0 Å². The Kier molecular flexibility index (Phi) is 13.1. The molecule has 0 saturated carbocycles. The van der Waals surface area contributed by atoms with Gasteiger partial charge < -0.3 is 35.7 Å². The van der Waals surface area contributed by atoms with Crippen molar-refractivity contribution < 1.29 is 40.5 Å². The van der Waals surface area contributed by atoms with Crippen molar-refractivity contribution in [3.8, 4) is 0 Å². The van der Waals surface area contributed by atoms with Crippen molar-refractivity contribution in [2.45, 2.75) is 24.7 Å². The summed E-state index contributed by atoms with van der Waals surface area (Å²) in [7, 11) is 0. The molecule has 0 spiro atoms. The van der Waals surface area contributed by atoms with Crippen LogP contribution in [-0.2, 0) is 4.79 Å². The van der Waals surface area contributed by atoms with Crippen molar-refractivity contribution in [1.29, 1.82) is 0 Å². The number of ketones is 1.